The molecular weight excluding hydrogens is 315 g/mol. The van der Waals surface area contributed by atoms with Gasteiger partial charge in [0, 0.05) is 16.8 Å². The quantitative estimate of drug-likeness (QED) is 0.847. The van der Waals surface area contributed by atoms with Crippen LogP contribution in [0.15, 0.2) is 47.4 Å². The zero-order valence-corrected chi connectivity index (χ0v) is 12.7. The molecule has 1 unspecified atom stereocenters. The van der Waals surface area contributed by atoms with Crippen LogP contribution in [0, 0.1) is 5.82 Å². The van der Waals surface area contributed by atoms with Gasteiger partial charge in [0.15, 0.2) is 0 Å². The normalized spacial score (nSPS) is 13.1. The Morgan fingerprint density at radius 1 is 1.24 bits per heavy atom. The Balaban J connectivity index is 2.31. The molecule has 1 atom stereocenters. The van der Waals surface area contributed by atoms with Crippen molar-refractivity contribution in [3.8, 4) is 0 Å². The molecule has 0 amide bonds. The van der Waals surface area contributed by atoms with E-state index < -0.39 is 26.8 Å². The fraction of sp³-hybridized carbons (Fsp3) is 0.143. The van der Waals surface area contributed by atoms with Crippen LogP contribution in [-0.2, 0) is 10.0 Å². The van der Waals surface area contributed by atoms with E-state index in [1.165, 1.54) is 6.07 Å². The Morgan fingerprint density at radius 2 is 1.90 bits per heavy atom. The third-order valence-electron chi connectivity index (χ3n) is 2.95. The lowest BCUT2D eigenvalue weighted by atomic mass is 10.1. The van der Waals surface area contributed by atoms with Gasteiger partial charge >= 0.3 is 0 Å². The predicted molar refractivity (Wildman–Crippen MR) is 81.0 cm³/mol. The standard InChI is InChI=1S/C14H14ClFN2O2S/c1-9(11-4-2-3-5-12(11)15)18-21(19,20)14-7-6-10(17)8-13(14)16/h2-9,18H,17H2,1H3. The Morgan fingerprint density at radius 3 is 2.52 bits per heavy atom. The lowest BCUT2D eigenvalue weighted by molar-refractivity contribution is 0.547. The Bertz CT molecular complexity index is 765. The molecule has 0 radical (unpaired) electrons. The third kappa shape index (κ3) is 3.53. The largest absolute Gasteiger partial charge is 0.399 e. The zero-order valence-electron chi connectivity index (χ0n) is 11.2. The summed E-state index contributed by atoms with van der Waals surface area (Å²) in [6, 6.07) is 9.68. The number of rotatable bonds is 4. The minimum absolute atomic E-state index is 0.158. The van der Waals surface area contributed by atoms with Crippen LogP contribution < -0.4 is 10.5 Å². The average Bonchev–Trinajstić information content (AvgIpc) is 2.37. The van der Waals surface area contributed by atoms with Gasteiger partial charge in [0.2, 0.25) is 10.0 Å². The van der Waals surface area contributed by atoms with E-state index in [0.717, 1.165) is 12.1 Å². The molecule has 0 spiro atoms. The van der Waals surface area contributed by atoms with Crippen molar-refractivity contribution in [1.29, 1.82) is 0 Å². The van der Waals surface area contributed by atoms with E-state index in [-0.39, 0.29) is 5.69 Å². The van der Waals surface area contributed by atoms with Gasteiger partial charge in [0.05, 0.1) is 0 Å². The zero-order chi connectivity index (χ0) is 15.6. The van der Waals surface area contributed by atoms with E-state index >= 15 is 0 Å². The fourth-order valence-electron chi connectivity index (χ4n) is 1.92. The molecule has 2 rings (SSSR count). The summed E-state index contributed by atoms with van der Waals surface area (Å²) in [5.41, 5.74) is 6.18. The molecule has 0 saturated heterocycles. The maximum Gasteiger partial charge on any atom is 0.244 e. The molecule has 2 aromatic rings. The second-order valence-corrected chi connectivity index (χ2v) is 6.64. The van der Waals surface area contributed by atoms with E-state index in [4.69, 9.17) is 17.3 Å². The SMILES string of the molecule is CC(NS(=O)(=O)c1ccc(N)cc1F)c1ccccc1Cl. The first-order chi connectivity index (χ1) is 9.81. The number of hydrogen-bond donors (Lipinski definition) is 2. The van der Waals surface area contributed by atoms with Gasteiger partial charge < -0.3 is 5.73 Å². The summed E-state index contributed by atoms with van der Waals surface area (Å²) in [6.07, 6.45) is 0. The van der Waals surface area contributed by atoms with Crippen LogP contribution in [0.5, 0.6) is 0 Å². The third-order valence-corrected chi connectivity index (χ3v) is 4.87. The smallest absolute Gasteiger partial charge is 0.244 e. The maximum absolute atomic E-state index is 13.8. The number of hydrogen-bond acceptors (Lipinski definition) is 3. The molecule has 0 aliphatic carbocycles. The first kappa shape index (κ1) is 15.8. The van der Waals surface area contributed by atoms with E-state index in [1.54, 1.807) is 31.2 Å². The molecule has 3 N–H and O–H groups in total. The lowest BCUT2D eigenvalue weighted by Crippen LogP contribution is -2.27. The predicted octanol–water partition coefficient (Wildman–Crippen LogP) is 3.10. The first-order valence-electron chi connectivity index (χ1n) is 6.13. The van der Waals surface area contributed by atoms with Crippen molar-refractivity contribution in [1.82, 2.24) is 4.72 Å². The molecule has 0 heterocycles. The number of anilines is 1. The molecular formula is C14H14ClFN2O2S. The molecule has 21 heavy (non-hydrogen) atoms. The van der Waals surface area contributed by atoms with Crippen LogP contribution in [0.4, 0.5) is 10.1 Å². The number of benzene rings is 2. The van der Waals surface area contributed by atoms with Crippen LogP contribution in [0.25, 0.3) is 0 Å². The van der Waals surface area contributed by atoms with Crippen LogP contribution >= 0.6 is 11.6 Å². The van der Waals surface area contributed by atoms with E-state index in [1.807, 2.05) is 0 Å². The van der Waals surface area contributed by atoms with Crippen LogP contribution in [0.3, 0.4) is 0 Å². The van der Waals surface area contributed by atoms with Gasteiger partial charge in [-0.05, 0) is 36.8 Å². The van der Waals surface area contributed by atoms with Crippen molar-refractivity contribution in [2.75, 3.05) is 5.73 Å². The van der Waals surface area contributed by atoms with Gasteiger partial charge in [-0.15, -0.1) is 0 Å². The summed E-state index contributed by atoms with van der Waals surface area (Å²) in [5, 5.41) is 0.436. The van der Waals surface area contributed by atoms with Crippen molar-refractivity contribution in [3.05, 3.63) is 58.9 Å². The van der Waals surface area contributed by atoms with Crippen molar-refractivity contribution in [3.63, 3.8) is 0 Å². The molecule has 7 heteroatoms. The molecule has 4 nitrogen and oxygen atoms in total. The molecule has 2 aromatic carbocycles. The molecule has 0 aromatic heterocycles. The van der Waals surface area contributed by atoms with E-state index in [0.29, 0.717) is 10.6 Å². The van der Waals surface area contributed by atoms with Gasteiger partial charge in [-0.3, -0.25) is 0 Å². The van der Waals surface area contributed by atoms with Crippen LogP contribution in [0.2, 0.25) is 5.02 Å². The van der Waals surface area contributed by atoms with Crippen molar-refractivity contribution in [2.24, 2.45) is 0 Å². The summed E-state index contributed by atoms with van der Waals surface area (Å²) < 4.78 is 40.6. The minimum atomic E-state index is -4.01. The summed E-state index contributed by atoms with van der Waals surface area (Å²) in [4.78, 5) is -0.449. The second-order valence-electron chi connectivity index (χ2n) is 4.55. The lowest BCUT2D eigenvalue weighted by Gasteiger charge is -2.16. The highest BCUT2D eigenvalue weighted by molar-refractivity contribution is 7.89. The van der Waals surface area contributed by atoms with Gasteiger partial charge in [-0.1, -0.05) is 29.8 Å². The molecule has 0 bridgehead atoms. The van der Waals surface area contributed by atoms with Crippen molar-refractivity contribution < 1.29 is 12.8 Å². The first-order valence-corrected chi connectivity index (χ1v) is 7.99. The van der Waals surface area contributed by atoms with Gasteiger partial charge in [0.25, 0.3) is 0 Å². The van der Waals surface area contributed by atoms with E-state index in [2.05, 4.69) is 4.72 Å². The van der Waals surface area contributed by atoms with Crippen LogP contribution in [0.1, 0.15) is 18.5 Å². The fourth-order valence-corrected chi connectivity index (χ4v) is 3.50. The van der Waals surface area contributed by atoms with Gasteiger partial charge in [-0.2, -0.15) is 0 Å². The number of nitrogens with two attached hydrogens (primary N) is 1. The maximum atomic E-state index is 13.8. The van der Waals surface area contributed by atoms with E-state index in [9.17, 15) is 12.8 Å². The molecule has 0 fully saturated rings. The van der Waals surface area contributed by atoms with Crippen molar-refractivity contribution >= 4 is 27.3 Å². The highest BCUT2D eigenvalue weighted by Gasteiger charge is 2.22. The summed E-state index contributed by atoms with van der Waals surface area (Å²) >= 11 is 6.02. The number of nitrogen functional groups attached to an aromatic ring is 1. The minimum Gasteiger partial charge on any atom is -0.399 e. The second kappa shape index (κ2) is 6.01. The molecule has 0 aliphatic rings. The molecule has 0 saturated carbocycles. The van der Waals surface area contributed by atoms with Gasteiger partial charge in [-0.25, -0.2) is 17.5 Å². The highest BCUT2D eigenvalue weighted by atomic mass is 35.5. The van der Waals surface area contributed by atoms with Crippen molar-refractivity contribution in [2.45, 2.75) is 17.9 Å². The summed E-state index contributed by atoms with van der Waals surface area (Å²) in [6.45, 7) is 1.63. The molecule has 0 aliphatic heterocycles. The summed E-state index contributed by atoms with van der Waals surface area (Å²) in [5.74, 6) is -0.895. The Hall–Kier alpha value is -1.63. The van der Waals surface area contributed by atoms with Gasteiger partial charge in [0.1, 0.15) is 10.7 Å². The Kier molecular flexibility index (Phi) is 4.51. The van der Waals surface area contributed by atoms with Crippen LogP contribution in [-0.4, -0.2) is 8.42 Å². The summed E-state index contributed by atoms with van der Waals surface area (Å²) in [7, 11) is -4.01. The topological polar surface area (TPSA) is 72.2 Å². The number of halogens is 2. The number of sulfonamides is 1. The highest BCUT2D eigenvalue weighted by Crippen LogP contribution is 2.25. The molecule has 112 valence electrons. The number of nitrogens with one attached hydrogen (secondary N) is 1. The average molecular weight is 329 g/mol. The monoisotopic (exact) mass is 328 g/mol. The Labute approximate surface area is 127 Å².